The lowest BCUT2D eigenvalue weighted by Crippen LogP contribution is -2.36. The molecule has 0 aliphatic heterocycles. The summed E-state index contributed by atoms with van der Waals surface area (Å²) in [5.74, 6) is -0.881. The largest absolute Gasteiger partial charge is 0.443 e. The van der Waals surface area contributed by atoms with Crippen molar-refractivity contribution in [3.8, 4) is 0 Å². The second-order valence-corrected chi connectivity index (χ2v) is 6.71. The Morgan fingerprint density at radius 1 is 1.26 bits per heavy atom. The number of nitrogens with one attached hydrogen (secondary N) is 1. The number of rotatable bonds is 3. The summed E-state index contributed by atoms with van der Waals surface area (Å²) in [6.07, 6.45) is -1.03. The van der Waals surface area contributed by atoms with Gasteiger partial charge < -0.3 is 4.74 Å². The summed E-state index contributed by atoms with van der Waals surface area (Å²) in [7, 11) is -3.87. The van der Waals surface area contributed by atoms with Gasteiger partial charge in [0.05, 0.1) is 5.75 Å². The number of sulfonamides is 1. The van der Waals surface area contributed by atoms with Gasteiger partial charge in [-0.1, -0.05) is 12.1 Å². The topological polar surface area (TPSA) is 72.5 Å². The summed E-state index contributed by atoms with van der Waals surface area (Å²) in [4.78, 5) is 11.3. The lowest BCUT2D eigenvalue weighted by molar-refractivity contribution is 0.0570. The number of hydrogen-bond donors (Lipinski definition) is 1. The third-order valence-electron chi connectivity index (χ3n) is 1.91. The van der Waals surface area contributed by atoms with E-state index in [1.807, 2.05) is 0 Å². The number of amides is 1. The van der Waals surface area contributed by atoms with Gasteiger partial charge in [0.15, 0.2) is 0 Å². The second-order valence-electron chi connectivity index (χ2n) is 4.99. The first-order valence-electron chi connectivity index (χ1n) is 5.55. The molecular formula is C12H16FNO4S. The first kappa shape index (κ1) is 15.4. The smallest absolute Gasteiger partial charge is 0.421 e. The van der Waals surface area contributed by atoms with Gasteiger partial charge in [0.2, 0.25) is 10.0 Å². The SMILES string of the molecule is CC(C)(C)OC(=O)NS(=O)(=O)Cc1ccc(F)cc1. The molecule has 0 fully saturated rings. The summed E-state index contributed by atoms with van der Waals surface area (Å²) in [5.41, 5.74) is -0.410. The van der Waals surface area contributed by atoms with Crippen LogP contribution in [0.2, 0.25) is 0 Å². The van der Waals surface area contributed by atoms with Crippen LogP contribution >= 0.6 is 0 Å². The molecule has 0 atom stereocenters. The van der Waals surface area contributed by atoms with Crippen molar-refractivity contribution in [1.82, 2.24) is 4.72 Å². The average Bonchev–Trinajstić information content (AvgIpc) is 2.17. The number of ether oxygens (including phenoxy) is 1. The molecule has 0 saturated carbocycles. The molecule has 0 unspecified atom stereocenters. The standard InChI is InChI=1S/C12H16FNO4S/c1-12(2,3)18-11(15)14-19(16,17)8-9-4-6-10(13)7-5-9/h4-7H,8H2,1-3H3,(H,14,15). The minimum atomic E-state index is -3.87. The zero-order valence-electron chi connectivity index (χ0n) is 10.9. The van der Waals surface area contributed by atoms with Gasteiger partial charge in [0.25, 0.3) is 0 Å². The zero-order valence-corrected chi connectivity index (χ0v) is 11.8. The van der Waals surface area contributed by atoms with E-state index in [-0.39, 0.29) is 0 Å². The van der Waals surface area contributed by atoms with E-state index in [0.29, 0.717) is 5.56 Å². The van der Waals surface area contributed by atoms with E-state index in [1.54, 1.807) is 25.5 Å². The molecule has 0 heterocycles. The molecule has 1 rings (SSSR count). The highest BCUT2D eigenvalue weighted by Crippen LogP contribution is 2.09. The zero-order chi connectivity index (χ0) is 14.7. The highest BCUT2D eigenvalue weighted by atomic mass is 32.2. The Hall–Kier alpha value is -1.63. The Bertz CT molecular complexity index is 546. The van der Waals surface area contributed by atoms with E-state index in [2.05, 4.69) is 0 Å². The number of halogens is 1. The van der Waals surface area contributed by atoms with Crippen molar-refractivity contribution >= 4 is 16.1 Å². The van der Waals surface area contributed by atoms with E-state index < -0.39 is 33.3 Å². The maximum absolute atomic E-state index is 12.7. The van der Waals surface area contributed by atoms with E-state index in [4.69, 9.17) is 4.74 Å². The highest BCUT2D eigenvalue weighted by molar-refractivity contribution is 7.89. The van der Waals surface area contributed by atoms with Gasteiger partial charge in [-0.25, -0.2) is 22.3 Å². The van der Waals surface area contributed by atoms with E-state index in [1.165, 1.54) is 12.1 Å². The fourth-order valence-corrected chi connectivity index (χ4v) is 2.26. The number of carbonyl (C=O) groups is 1. The molecule has 1 aromatic rings. The molecular weight excluding hydrogens is 273 g/mol. The number of benzene rings is 1. The monoisotopic (exact) mass is 289 g/mol. The van der Waals surface area contributed by atoms with Gasteiger partial charge in [-0.05, 0) is 38.5 Å². The molecule has 5 nitrogen and oxygen atoms in total. The van der Waals surface area contributed by atoms with E-state index in [9.17, 15) is 17.6 Å². The maximum Gasteiger partial charge on any atom is 0.421 e. The quantitative estimate of drug-likeness (QED) is 0.925. The fraction of sp³-hybridized carbons (Fsp3) is 0.417. The molecule has 7 heteroatoms. The van der Waals surface area contributed by atoms with Crippen LogP contribution in [0.25, 0.3) is 0 Å². The predicted molar refractivity (Wildman–Crippen MR) is 68.4 cm³/mol. The molecule has 0 spiro atoms. The molecule has 0 aliphatic rings. The first-order valence-corrected chi connectivity index (χ1v) is 7.20. The van der Waals surface area contributed by atoms with Crippen LogP contribution in [0.15, 0.2) is 24.3 Å². The Labute approximate surface area is 111 Å². The Balaban J connectivity index is 2.67. The summed E-state index contributed by atoms with van der Waals surface area (Å²) in [6.45, 7) is 4.87. The van der Waals surface area contributed by atoms with Crippen molar-refractivity contribution in [2.45, 2.75) is 32.1 Å². The molecule has 106 valence electrons. The second kappa shape index (κ2) is 5.56. The van der Waals surface area contributed by atoms with Gasteiger partial charge >= 0.3 is 6.09 Å². The van der Waals surface area contributed by atoms with E-state index >= 15 is 0 Å². The van der Waals surface area contributed by atoms with Crippen LogP contribution in [0.1, 0.15) is 26.3 Å². The Kier molecular flexibility index (Phi) is 4.52. The van der Waals surface area contributed by atoms with Crippen molar-refractivity contribution in [3.05, 3.63) is 35.6 Å². The van der Waals surface area contributed by atoms with Crippen molar-refractivity contribution in [3.63, 3.8) is 0 Å². The Morgan fingerprint density at radius 2 is 1.79 bits per heavy atom. The van der Waals surface area contributed by atoms with Crippen LogP contribution in [0, 0.1) is 5.82 Å². The third kappa shape index (κ3) is 6.19. The predicted octanol–water partition coefficient (Wildman–Crippen LogP) is 2.18. The van der Waals surface area contributed by atoms with Crippen LogP contribution in [0.4, 0.5) is 9.18 Å². The summed E-state index contributed by atoms with van der Waals surface area (Å²) < 4.78 is 42.7. The maximum atomic E-state index is 12.7. The number of hydrogen-bond acceptors (Lipinski definition) is 4. The summed E-state index contributed by atoms with van der Waals surface area (Å²) in [5, 5.41) is 0. The summed E-state index contributed by atoms with van der Waals surface area (Å²) >= 11 is 0. The summed E-state index contributed by atoms with van der Waals surface area (Å²) in [6, 6.07) is 4.98. The lowest BCUT2D eigenvalue weighted by atomic mass is 10.2. The molecule has 0 bridgehead atoms. The van der Waals surface area contributed by atoms with Crippen molar-refractivity contribution < 1.29 is 22.3 Å². The van der Waals surface area contributed by atoms with Gasteiger partial charge in [-0.3, -0.25) is 0 Å². The Morgan fingerprint density at radius 3 is 2.26 bits per heavy atom. The van der Waals surface area contributed by atoms with Crippen molar-refractivity contribution in [2.75, 3.05) is 0 Å². The van der Waals surface area contributed by atoms with Crippen molar-refractivity contribution in [1.29, 1.82) is 0 Å². The van der Waals surface area contributed by atoms with Crippen molar-refractivity contribution in [2.24, 2.45) is 0 Å². The van der Waals surface area contributed by atoms with Crippen LogP contribution < -0.4 is 4.72 Å². The molecule has 0 aliphatic carbocycles. The molecule has 0 radical (unpaired) electrons. The van der Waals surface area contributed by atoms with E-state index in [0.717, 1.165) is 12.1 Å². The molecule has 0 saturated heterocycles. The van der Waals surface area contributed by atoms with Gasteiger partial charge in [-0.15, -0.1) is 0 Å². The molecule has 1 aromatic carbocycles. The van der Waals surface area contributed by atoms with Gasteiger partial charge in [0.1, 0.15) is 11.4 Å². The first-order chi connectivity index (χ1) is 8.57. The van der Waals surface area contributed by atoms with Crippen LogP contribution in [0.3, 0.4) is 0 Å². The fourth-order valence-electron chi connectivity index (χ4n) is 1.26. The highest BCUT2D eigenvalue weighted by Gasteiger charge is 2.21. The van der Waals surface area contributed by atoms with Gasteiger partial charge in [-0.2, -0.15) is 0 Å². The molecule has 1 amide bonds. The van der Waals surface area contributed by atoms with Crippen LogP contribution in [-0.2, 0) is 20.5 Å². The third-order valence-corrected chi connectivity index (χ3v) is 3.10. The minimum absolute atomic E-state index is 0.373. The normalized spacial score (nSPS) is 12.0. The minimum Gasteiger partial charge on any atom is -0.443 e. The molecule has 19 heavy (non-hydrogen) atoms. The average molecular weight is 289 g/mol. The molecule has 0 aromatic heterocycles. The number of carbonyl (C=O) groups excluding carboxylic acids is 1. The lowest BCUT2D eigenvalue weighted by Gasteiger charge is -2.19. The van der Waals surface area contributed by atoms with Gasteiger partial charge in [0, 0.05) is 0 Å². The van der Waals surface area contributed by atoms with Crippen LogP contribution in [0.5, 0.6) is 0 Å². The molecule has 1 N–H and O–H groups in total. The van der Waals surface area contributed by atoms with Crippen LogP contribution in [-0.4, -0.2) is 20.1 Å².